The number of hydrogen-bond acceptors (Lipinski definition) is 4. The van der Waals surface area contributed by atoms with Gasteiger partial charge in [0.1, 0.15) is 6.10 Å². The Morgan fingerprint density at radius 1 is 1.22 bits per heavy atom. The molecule has 2 unspecified atom stereocenters. The van der Waals surface area contributed by atoms with Gasteiger partial charge in [-0.15, -0.1) is 0 Å². The van der Waals surface area contributed by atoms with Crippen molar-refractivity contribution >= 4 is 11.2 Å². The van der Waals surface area contributed by atoms with Gasteiger partial charge >= 0.3 is 5.69 Å². The Morgan fingerprint density at radius 3 is 2.81 bits per heavy atom. The van der Waals surface area contributed by atoms with Crippen molar-refractivity contribution in [2.45, 2.75) is 38.8 Å². The molecule has 0 amide bonds. The average molecular weight is 368 g/mol. The number of aryl methyl sites for hydroxylation is 2. The molecule has 0 N–H and O–H groups in total. The van der Waals surface area contributed by atoms with Crippen molar-refractivity contribution in [3.63, 3.8) is 0 Å². The molecule has 2 aromatic heterocycles. The highest BCUT2D eigenvalue weighted by Crippen LogP contribution is 2.40. The van der Waals surface area contributed by atoms with Gasteiger partial charge in [0.05, 0.1) is 12.1 Å². The van der Waals surface area contributed by atoms with Gasteiger partial charge < -0.3 is 9.30 Å². The molecule has 0 saturated heterocycles. The number of nitrogens with zero attached hydrogens (tertiary/aromatic N) is 4. The Bertz CT molecular complexity index is 1100. The molecule has 0 radical (unpaired) electrons. The third-order valence-corrected chi connectivity index (χ3v) is 5.47. The van der Waals surface area contributed by atoms with E-state index in [0.29, 0.717) is 17.7 Å². The molecule has 2 atom stereocenters. The Hall–Kier alpha value is -2.83. The summed E-state index contributed by atoms with van der Waals surface area (Å²) in [6.45, 7) is 2.55. The van der Waals surface area contributed by atoms with Gasteiger partial charge in [-0.3, -0.25) is 13.9 Å². The van der Waals surface area contributed by atoms with Crippen LogP contribution in [-0.4, -0.2) is 24.8 Å². The smallest absolute Gasteiger partial charge is 0.332 e. The average Bonchev–Trinajstić information content (AvgIpc) is 3.18. The van der Waals surface area contributed by atoms with Gasteiger partial charge in [-0.25, -0.2) is 9.78 Å². The SMILES string of the molecule is Cn1cnc2c1c(=O)n(CCCCC1=CC3(C)C=CC=CC3O1)c(=O)n2C. The van der Waals surface area contributed by atoms with E-state index in [4.69, 9.17) is 4.74 Å². The van der Waals surface area contributed by atoms with Crippen LogP contribution in [0.4, 0.5) is 0 Å². The molecule has 2 aromatic rings. The second kappa shape index (κ2) is 6.40. The van der Waals surface area contributed by atoms with Gasteiger partial charge in [-0.05, 0) is 31.9 Å². The lowest BCUT2D eigenvalue weighted by Crippen LogP contribution is -2.39. The molecule has 1 aliphatic carbocycles. The van der Waals surface area contributed by atoms with E-state index in [1.807, 2.05) is 6.08 Å². The Labute approximate surface area is 156 Å². The molecule has 0 fully saturated rings. The van der Waals surface area contributed by atoms with E-state index in [2.05, 4.69) is 36.2 Å². The molecule has 3 heterocycles. The predicted molar refractivity (Wildman–Crippen MR) is 103 cm³/mol. The number of imidazole rings is 1. The highest BCUT2D eigenvalue weighted by atomic mass is 16.5. The summed E-state index contributed by atoms with van der Waals surface area (Å²) in [5.41, 5.74) is 0.205. The van der Waals surface area contributed by atoms with E-state index < -0.39 is 0 Å². The number of ether oxygens (including phenoxy) is 1. The maximum Gasteiger partial charge on any atom is 0.332 e. The Kier molecular flexibility index (Phi) is 4.17. The number of rotatable bonds is 5. The van der Waals surface area contributed by atoms with Crippen LogP contribution < -0.4 is 11.2 Å². The van der Waals surface area contributed by atoms with E-state index >= 15 is 0 Å². The van der Waals surface area contributed by atoms with Crippen molar-refractivity contribution in [2.75, 3.05) is 0 Å². The maximum atomic E-state index is 12.7. The van der Waals surface area contributed by atoms with Crippen LogP contribution in [0.25, 0.3) is 11.2 Å². The molecule has 7 nitrogen and oxygen atoms in total. The number of aromatic nitrogens is 4. The summed E-state index contributed by atoms with van der Waals surface area (Å²) in [7, 11) is 3.41. The summed E-state index contributed by atoms with van der Waals surface area (Å²) in [6, 6.07) is 0. The van der Waals surface area contributed by atoms with Crippen LogP contribution >= 0.6 is 0 Å². The number of unbranched alkanes of at least 4 members (excludes halogenated alkanes) is 1. The molecule has 0 bridgehead atoms. The zero-order valence-electron chi connectivity index (χ0n) is 15.9. The minimum atomic E-state index is -0.323. The topological polar surface area (TPSA) is 71.1 Å². The Morgan fingerprint density at radius 2 is 2.04 bits per heavy atom. The minimum Gasteiger partial charge on any atom is -0.490 e. The second-order valence-electron chi connectivity index (χ2n) is 7.54. The highest BCUT2D eigenvalue weighted by Gasteiger charge is 2.37. The first-order chi connectivity index (χ1) is 12.9. The maximum absolute atomic E-state index is 12.7. The molecule has 0 saturated carbocycles. The van der Waals surface area contributed by atoms with Crippen LogP contribution in [0.3, 0.4) is 0 Å². The van der Waals surface area contributed by atoms with E-state index in [1.54, 1.807) is 25.0 Å². The van der Waals surface area contributed by atoms with Crippen molar-refractivity contribution in [1.82, 2.24) is 18.7 Å². The molecule has 0 spiro atoms. The fraction of sp³-hybridized carbons (Fsp3) is 0.450. The lowest BCUT2D eigenvalue weighted by molar-refractivity contribution is 0.124. The molecule has 142 valence electrons. The molecule has 0 aromatic carbocycles. The van der Waals surface area contributed by atoms with Gasteiger partial charge in [0.15, 0.2) is 11.2 Å². The third kappa shape index (κ3) is 2.87. The van der Waals surface area contributed by atoms with Crippen molar-refractivity contribution in [3.8, 4) is 0 Å². The summed E-state index contributed by atoms with van der Waals surface area (Å²) >= 11 is 0. The van der Waals surface area contributed by atoms with Crippen LogP contribution in [0.5, 0.6) is 0 Å². The van der Waals surface area contributed by atoms with Crippen LogP contribution in [0.1, 0.15) is 26.2 Å². The largest absolute Gasteiger partial charge is 0.490 e. The second-order valence-corrected chi connectivity index (χ2v) is 7.54. The predicted octanol–water partition coefficient (Wildman–Crippen LogP) is 2.02. The molecule has 7 heteroatoms. The molecule has 1 aliphatic heterocycles. The monoisotopic (exact) mass is 368 g/mol. The lowest BCUT2D eigenvalue weighted by atomic mass is 9.82. The first-order valence-corrected chi connectivity index (χ1v) is 9.26. The van der Waals surface area contributed by atoms with Gasteiger partial charge in [-0.2, -0.15) is 0 Å². The normalized spacial score (nSPS) is 23.5. The van der Waals surface area contributed by atoms with Crippen LogP contribution in [0.2, 0.25) is 0 Å². The number of fused-ring (bicyclic) bond motifs is 2. The first-order valence-electron chi connectivity index (χ1n) is 9.26. The molecular weight excluding hydrogens is 344 g/mol. The molecule has 4 rings (SSSR count). The van der Waals surface area contributed by atoms with Crippen molar-refractivity contribution < 1.29 is 4.74 Å². The fourth-order valence-electron chi connectivity index (χ4n) is 3.86. The highest BCUT2D eigenvalue weighted by molar-refractivity contribution is 5.69. The molecular formula is C20H24N4O3. The first kappa shape index (κ1) is 17.6. The fourth-order valence-corrected chi connectivity index (χ4v) is 3.86. The van der Waals surface area contributed by atoms with E-state index in [9.17, 15) is 9.59 Å². The summed E-state index contributed by atoms with van der Waals surface area (Å²) in [5, 5.41) is 0. The zero-order chi connectivity index (χ0) is 19.2. The zero-order valence-corrected chi connectivity index (χ0v) is 15.9. The Balaban J connectivity index is 1.45. The summed E-state index contributed by atoms with van der Waals surface area (Å²) in [6.07, 6.45) is 14.5. The van der Waals surface area contributed by atoms with Crippen molar-refractivity contribution in [1.29, 1.82) is 0 Å². The van der Waals surface area contributed by atoms with Crippen molar-refractivity contribution in [3.05, 3.63) is 63.3 Å². The van der Waals surface area contributed by atoms with Gasteiger partial charge in [0, 0.05) is 32.5 Å². The minimum absolute atomic E-state index is 0.0679. The van der Waals surface area contributed by atoms with Crippen molar-refractivity contribution in [2.24, 2.45) is 19.5 Å². The lowest BCUT2D eigenvalue weighted by Gasteiger charge is -2.25. The van der Waals surface area contributed by atoms with Gasteiger partial charge in [0.2, 0.25) is 0 Å². The van der Waals surface area contributed by atoms with Crippen LogP contribution in [0, 0.1) is 5.41 Å². The quantitative estimate of drug-likeness (QED) is 0.757. The van der Waals surface area contributed by atoms with Crippen LogP contribution in [-0.2, 0) is 25.4 Å². The summed E-state index contributed by atoms with van der Waals surface area (Å²) < 4.78 is 10.4. The standard InChI is InChI=1S/C20H24N4O3/c1-20-10-6-4-9-15(20)27-14(12-20)8-5-7-11-24-18(25)16-17(21-13-22(16)2)23(3)19(24)26/h4,6,9-10,12-13,15H,5,7-8,11H2,1-3H3. The summed E-state index contributed by atoms with van der Waals surface area (Å²) in [5.74, 6) is 0.987. The third-order valence-electron chi connectivity index (χ3n) is 5.47. The van der Waals surface area contributed by atoms with Gasteiger partial charge in [0.25, 0.3) is 5.56 Å². The van der Waals surface area contributed by atoms with E-state index in [1.165, 1.54) is 9.13 Å². The summed E-state index contributed by atoms with van der Waals surface area (Å²) in [4.78, 5) is 29.3. The van der Waals surface area contributed by atoms with Crippen LogP contribution in [0.15, 0.2) is 52.1 Å². The molecule has 2 aliphatic rings. The number of hydrogen-bond donors (Lipinski definition) is 0. The number of allylic oxidation sites excluding steroid dienone is 3. The molecule has 27 heavy (non-hydrogen) atoms. The van der Waals surface area contributed by atoms with Gasteiger partial charge in [-0.1, -0.05) is 18.2 Å². The van der Waals surface area contributed by atoms with E-state index in [-0.39, 0.29) is 22.8 Å². The van der Waals surface area contributed by atoms with E-state index in [0.717, 1.165) is 25.0 Å².